The van der Waals surface area contributed by atoms with Crippen LogP contribution in [0.4, 0.5) is 5.82 Å². The molecule has 3 heterocycles. The molecule has 0 bridgehead atoms. The first kappa shape index (κ1) is 14.8. The van der Waals surface area contributed by atoms with E-state index < -0.39 is 0 Å². The molecule has 0 spiro atoms. The van der Waals surface area contributed by atoms with E-state index in [1.54, 1.807) is 7.11 Å². The Bertz CT molecular complexity index is 911. The molecule has 1 aliphatic carbocycles. The zero-order valence-corrected chi connectivity index (χ0v) is 14.5. The van der Waals surface area contributed by atoms with Crippen LogP contribution in [0.2, 0.25) is 0 Å². The van der Waals surface area contributed by atoms with Crippen LogP contribution in [0, 0.1) is 0 Å². The number of hydrogen-bond acceptors (Lipinski definition) is 4. The fourth-order valence-electron chi connectivity index (χ4n) is 3.74. The number of fused-ring (bicyclic) bond motifs is 2. The molecular formula is C20H22N4O. The second-order valence-electron chi connectivity index (χ2n) is 7.09. The highest BCUT2D eigenvalue weighted by Crippen LogP contribution is 2.40. The van der Waals surface area contributed by atoms with Crippen LogP contribution in [0.3, 0.4) is 0 Å². The number of nitrogens with zero attached hydrogens (tertiary/aromatic N) is 4. The molecule has 5 rings (SSSR count). The predicted octanol–water partition coefficient (Wildman–Crippen LogP) is 3.57. The topological polar surface area (TPSA) is 42.7 Å². The Morgan fingerprint density at radius 1 is 1.20 bits per heavy atom. The summed E-state index contributed by atoms with van der Waals surface area (Å²) < 4.78 is 7.33. The van der Waals surface area contributed by atoms with Crippen molar-refractivity contribution in [3.8, 4) is 5.75 Å². The van der Waals surface area contributed by atoms with Crippen LogP contribution in [-0.2, 0) is 13.0 Å². The quantitative estimate of drug-likeness (QED) is 0.731. The summed E-state index contributed by atoms with van der Waals surface area (Å²) in [6.45, 7) is 1.92. The second-order valence-corrected chi connectivity index (χ2v) is 7.09. The van der Waals surface area contributed by atoms with Gasteiger partial charge in [0.1, 0.15) is 5.75 Å². The van der Waals surface area contributed by atoms with Crippen molar-refractivity contribution in [1.82, 2.24) is 14.6 Å². The van der Waals surface area contributed by atoms with Gasteiger partial charge in [0.25, 0.3) is 0 Å². The molecule has 3 aromatic rings. The largest absolute Gasteiger partial charge is 0.497 e. The number of aromatic nitrogens is 3. The summed E-state index contributed by atoms with van der Waals surface area (Å²) in [7, 11) is 1.70. The summed E-state index contributed by atoms with van der Waals surface area (Å²) in [5, 5.41) is 5.00. The van der Waals surface area contributed by atoms with Crippen LogP contribution in [-0.4, -0.2) is 28.3 Å². The molecule has 5 heteroatoms. The monoisotopic (exact) mass is 334 g/mol. The average molecular weight is 334 g/mol. The Balaban J connectivity index is 1.50. The van der Waals surface area contributed by atoms with Crippen molar-refractivity contribution in [2.45, 2.75) is 38.1 Å². The second kappa shape index (κ2) is 5.76. The molecule has 1 fully saturated rings. The third-order valence-electron chi connectivity index (χ3n) is 5.28. The number of ether oxygens (including phenoxy) is 1. The predicted molar refractivity (Wildman–Crippen MR) is 97.3 cm³/mol. The van der Waals surface area contributed by atoms with Crippen molar-refractivity contribution in [2.24, 2.45) is 0 Å². The smallest absolute Gasteiger partial charge is 0.154 e. The van der Waals surface area contributed by atoms with Gasteiger partial charge in [-0.05, 0) is 49.4 Å². The maximum absolute atomic E-state index is 5.26. The van der Waals surface area contributed by atoms with Gasteiger partial charge in [0.2, 0.25) is 0 Å². The van der Waals surface area contributed by atoms with Gasteiger partial charge in [0, 0.05) is 24.6 Å². The lowest BCUT2D eigenvalue weighted by Crippen LogP contribution is -2.30. The number of benzene rings is 1. The van der Waals surface area contributed by atoms with Crippen molar-refractivity contribution < 1.29 is 4.74 Å². The molecule has 1 saturated carbocycles. The molecule has 1 aliphatic heterocycles. The van der Waals surface area contributed by atoms with Crippen LogP contribution in [0.1, 0.15) is 42.0 Å². The van der Waals surface area contributed by atoms with E-state index in [-0.39, 0.29) is 0 Å². The lowest BCUT2D eigenvalue weighted by molar-refractivity contribution is 0.414. The first-order valence-corrected chi connectivity index (χ1v) is 9.07. The Kier molecular flexibility index (Phi) is 3.40. The molecular weight excluding hydrogens is 312 g/mol. The van der Waals surface area contributed by atoms with E-state index in [9.17, 15) is 0 Å². The number of imidazole rings is 1. The van der Waals surface area contributed by atoms with Crippen molar-refractivity contribution in [3.05, 3.63) is 53.3 Å². The fourth-order valence-corrected chi connectivity index (χ4v) is 3.74. The summed E-state index contributed by atoms with van der Waals surface area (Å²) in [5.41, 5.74) is 4.86. The van der Waals surface area contributed by atoms with Crippen molar-refractivity contribution >= 4 is 11.5 Å². The van der Waals surface area contributed by atoms with Gasteiger partial charge in [-0.15, -0.1) is 5.10 Å². The van der Waals surface area contributed by atoms with E-state index in [0.717, 1.165) is 43.1 Å². The maximum Gasteiger partial charge on any atom is 0.154 e. The Morgan fingerprint density at radius 3 is 2.80 bits per heavy atom. The van der Waals surface area contributed by atoms with Gasteiger partial charge in [-0.2, -0.15) is 0 Å². The summed E-state index contributed by atoms with van der Waals surface area (Å²) in [6, 6.07) is 10.6. The molecule has 0 N–H and O–H groups in total. The number of methoxy groups -OCH3 is 1. The average Bonchev–Trinajstić information content (AvgIpc) is 3.41. The van der Waals surface area contributed by atoms with E-state index in [1.165, 1.54) is 29.7 Å². The molecule has 5 nitrogen and oxygen atoms in total. The highest BCUT2D eigenvalue weighted by molar-refractivity contribution is 5.56. The summed E-state index contributed by atoms with van der Waals surface area (Å²) in [4.78, 5) is 6.98. The summed E-state index contributed by atoms with van der Waals surface area (Å²) >= 11 is 0. The van der Waals surface area contributed by atoms with Crippen molar-refractivity contribution in [2.75, 3.05) is 18.6 Å². The molecule has 0 unspecified atom stereocenters. The van der Waals surface area contributed by atoms with Crippen LogP contribution in [0.25, 0.3) is 5.65 Å². The highest BCUT2D eigenvalue weighted by Gasteiger charge is 2.28. The third-order valence-corrected chi connectivity index (χ3v) is 5.28. The van der Waals surface area contributed by atoms with Gasteiger partial charge < -0.3 is 9.64 Å². The van der Waals surface area contributed by atoms with E-state index in [4.69, 9.17) is 9.84 Å². The van der Waals surface area contributed by atoms with E-state index in [0.29, 0.717) is 5.92 Å². The van der Waals surface area contributed by atoms with Gasteiger partial charge in [0.15, 0.2) is 11.5 Å². The van der Waals surface area contributed by atoms with Crippen LogP contribution in [0.5, 0.6) is 5.75 Å². The van der Waals surface area contributed by atoms with E-state index in [2.05, 4.69) is 32.6 Å². The standard InChI is InChI=1S/C20H22N4O/c1-25-17-8-4-14(5-9-17)13-23-10-2-3-16-11-19-21-12-18(15-6-7-15)24(19)22-20(16)23/h4-5,8-9,11-12,15H,2-3,6-7,10,13H2,1H3. The van der Waals surface area contributed by atoms with Crippen molar-refractivity contribution in [3.63, 3.8) is 0 Å². The van der Waals surface area contributed by atoms with Crippen LogP contribution in [0.15, 0.2) is 36.5 Å². The lowest BCUT2D eigenvalue weighted by atomic mass is 10.1. The van der Waals surface area contributed by atoms with Gasteiger partial charge in [0.05, 0.1) is 19.0 Å². The van der Waals surface area contributed by atoms with E-state index >= 15 is 0 Å². The minimum absolute atomic E-state index is 0.652. The molecule has 1 aromatic carbocycles. The zero-order valence-electron chi connectivity index (χ0n) is 14.5. The number of aryl methyl sites for hydroxylation is 1. The summed E-state index contributed by atoms with van der Waals surface area (Å²) in [6.07, 6.45) is 6.80. The first-order valence-electron chi connectivity index (χ1n) is 9.07. The van der Waals surface area contributed by atoms with Crippen LogP contribution < -0.4 is 9.64 Å². The number of hydrogen-bond donors (Lipinski definition) is 0. The molecule has 0 saturated heterocycles. The molecule has 128 valence electrons. The number of rotatable bonds is 4. The Labute approximate surface area is 147 Å². The van der Waals surface area contributed by atoms with Crippen LogP contribution >= 0.6 is 0 Å². The van der Waals surface area contributed by atoms with Gasteiger partial charge in [-0.25, -0.2) is 9.50 Å². The Hall–Kier alpha value is -2.56. The number of anilines is 1. The molecule has 0 amide bonds. The first-order chi connectivity index (χ1) is 12.3. The molecule has 25 heavy (non-hydrogen) atoms. The normalized spacial score (nSPS) is 16.9. The SMILES string of the molecule is COc1ccc(CN2CCCc3cc4ncc(C5CC5)n4nc32)cc1. The van der Waals surface area contributed by atoms with Gasteiger partial charge >= 0.3 is 0 Å². The molecule has 2 aromatic heterocycles. The lowest BCUT2D eigenvalue weighted by Gasteiger charge is -2.30. The van der Waals surface area contributed by atoms with E-state index in [1.807, 2.05) is 18.3 Å². The molecule has 2 aliphatic rings. The minimum Gasteiger partial charge on any atom is -0.497 e. The minimum atomic E-state index is 0.652. The highest BCUT2D eigenvalue weighted by atomic mass is 16.5. The van der Waals surface area contributed by atoms with Crippen molar-refractivity contribution in [1.29, 1.82) is 0 Å². The zero-order chi connectivity index (χ0) is 16.8. The Morgan fingerprint density at radius 2 is 2.04 bits per heavy atom. The van der Waals surface area contributed by atoms with Gasteiger partial charge in [-0.1, -0.05) is 12.1 Å². The molecule has 0 radical (unpaired) electrons. The maximum atomic E-state index is 5.26. The fraction of sp³-hybridized carbons (Fsp3) is 0.400. The summed E-state index contributed by atoms with van der Waals surface area (Å²) in [5.74, 6) is 2.67. The third kappa shape index (κ3) is 2.64. The van der Waals surface area contributed by atoms with Gasteiger partial charge in [-0.3, -0.25) is 0 Å². The molecule has 0 atom stereocenters.